The first-order chi connectivity index (χ1) is 16.9. The van der Waals surface area contributed by atoms with E-state index in [0.29, 0.717) is 5.13 Å². The van der Waals surface area contributed by atoms with Gasteiger partial charge in [-0.2, -0.15) is 0 Å². The Hall–Kier alpha value is -3.97. The van der Waals surface area contributed by atoms with E-state index in [1.54, 1.807) is 23.8 Å². The number of aromatic nitrogens is 3. The highest BCUT2D eigenvalue weighted by Crippen LogP contribution is 2.44. The third kappa shape index (κ3) is 4.55. The quantitative estimate of drug-likeness (QED) is 0.293. The first kappa shape index (κ1) is 22.8. The molecule has 1 unspecified atom stereocenters. The lowest BCUT2D eigenvalue weighted by Gasteiger charge is -2.34. The Bertz CT molecular complexity index is 1470. The predicted molar refractivity (Wildman–Crippen MR) is 138 cm³/mol. The van der Waals surface area contributed by atoms with Crippen LogP contribution in [-0.4, -0.2) is 21.1 Å². The van der Waals surface area contributed by atoms with E-state index in [9.17, 15) is 9.18 Å². The topological polar surface area (TPSA) is 67.8 Å². The van der Waals surface area contributed by atoms with Crippen LogP contribution < -0.4 is 5.32 Å². The van der Waals surface area contributed by atoms with E-state index in [-0.39, 0.29) is 17.6 Å². The van der Waals surface area contributed by atoms with Crippen LogP contribution in [0.1, 0.15) is 30.9 Å². The monoisotopic (exact) mass is 482 g/mol. The molecule has 5 aromatic rings. The number of hydrogen-bond acceptors (Lipinski definition) is 5. The molecule has 5 nitrogen and oxygen atoms in total. The van der Waals surface area contributed by atoms with Gasteiger partial charge in [0.05, 0.1) is 10.9 Å². The van der Waals surface area contributed by atoms with Crippen LogP contribution in [0.5, 0.6) is 0 Å². The molecular formula is C28H23FN4OS. The number of anilines is 1. The van der Waals surface area contributed by atoms with Crippen molar-refractivity contribution in [1.82, 2.24) is 15.2 Å². The molecule has 5 rings (SSSR count). The largest absolute Gasteiger partial charge is 0.300 e. The number of benzene rings is 3. The predicted octanol–water partition coefficient (Wildman–Crippen LogP) is 6.69. The van der Waals surface area contributed by atoms with Crippen LogP contribution in [0, 0.1) is 11.2 Å². The minimum absolute atomic E-state index is 0.155. The van der Waals surface area contributed by atoms with Gasteiger partial charge in [0.25, 0.3) is 0 Å². The zero-order valence-corrected chi connectivity index (χ0v) is 20.1. The molecule has 0 saturated carbocycles. The third-order valence-corrected chi connectivity index (χ3v) is 6.84. The highest BCUT2D eigenvalue weighted by molar-refractivity contribution is 7.13. The number of halogens is 1. The van der Waals surface area contributed by atoms with Crippen LogP contribution in [0.2, 0.25) is 0 Å². The molecule has 35 heavy (non-hydrogen) atoms. The van der Waals surface area contributed by atoms with Gasteiger partial charge in [-0.25, -0.2) is 4.39 Å². The maximum atomic E-state index is 13.7. The Labute approximate surface area is 206 Å². The van der Waals surface area contributed by atoms with E-state index in [0.717, 1.165) is 33.2 Å². The molecule has 0 spiro atoms. The Kier molecular flexibility index (Phi) is 6.09. The van der Waals surface area contributed by atoms with Crippen molar-refractivity contribution in [1.29, 1.82) is 0 Å². The number of pyridine rings is 1. The molecule has 0 aliphatic carbocycles. The van der Waals surface area contributed by atoms with Crippen molar-refractivity contribution in [2.75, 3.05) is 5.32 Å². The summed E-state index contributed by atoms with van der Waals surface area (Å²) in [6, 6.07) is 24.5. The summed E-state index contributed by atoms with van der Waals surface area (Å²) in [7, 11) is 0. The summed E-state index contributed by atoms with van der Waals surface area (Å²) in [5, 5.41) is 12.1. The molecule has 3 aromatic carbocycles. The Balaban J connectivity index is 1.69. The Morgan fingerprint density at radius 2 is 1.74 bits per heavy atom. The summed E-state index contributed by atoms with van der Waals surface area (Å²) in [6.45, 7) is 3.87. The van der Waals surface area contributed by atoms with Crippen molar-refractivity contribution in [3.05, 3.63) is 108 Å². The number of rotatable bonds is 6. The fraction of sp³-hybridized carbons (Fsp3) is 0.143. The summed E-state index contributed by atoms with van der Waals surface area (Å²) in [5.74, 6) is -0.725. The van der Waals surface area contributed by atoms with Crippen molar-refractivity contribution in [3.8, 4) is 11.1 Å². The molecule has 7 heteroatoms. The molecule has 2 aromatic heterocycles. The van der Waals surface area contributed by atoms with Gasteiger partial charge >= 0.3 is 0 Å². The maximum absolute atomic E-state index is 13.7. The summed E-state index contributed by atoms with van der Waals surface area (Å²) < 4.78 is 13.7. The molecule has 2 heterocycles. The minimum atomic E-state index is -0.844. The van der Waals surface area contributed by atoms with Crippen molar-refractivity contribution in [3.63, 3.8) is 0 Å². The smallest absolute Gasteiger partial charge is 0.232 e. The van der Waals surface area contributed by atoms with Crippen molar-refractivity contribution in [2.24, 2.45) is 5.41 Å². The molecule has 1 amide bonds. The van der Waals surface area contributed by atoms with Crippen molar-refractivity contribution in [2.45, 2.75) is 19.8 Å². The van der Waals surface area contributed by atoms with Crippen LogP contribution >= 0.6 is 11.3 Å². The van der Waals surface area contributed by atoms with Gasteiger partial charge in [-0.05, 0) is 47.0 Å². The number of hydrogen-bond donors (Lipinski definition) is 1. The van der Waals surface area contributed by atoms with E-state index < -0.39 is 5.41 Å². The Morgan fingerprint density at radius 3 is 2.46 bits per heavy atom. The summed E-state index contributed by atoms with van der Waals surface area (Å²) in [4.78, 5) is 18.2. The number of amides is 1. The first-order valence-corrected chi connectivity index (χ1v) is 12.1. The molecule has 0 fully saturated rings. The Morgan fingerprint density at radius 1 is 0.971 bits per heavy atom. The lowest BCUT2D eigenvalue weighted by Crippen LogP contribution is -2.37. The SMILES string of the molecule is CC(C)(C(=O)Nc1nncs1)C(c1ccccc1)c1cc(-c2ccc(F)cc2)c2ncccc2c1. The summed E-state index contributed by atoms with van der Waals surface area (Å²) >= 11 is 1.28. The van der Waals surface area contributed by atoms with Crippen LogP contribution in [0.4, 0.5) is 9.52 Å². The molecule has 1 N–H and O–H groups in total. The zero-order chi connectivity index (χ0) is 24.4. The number of fused-ring (bicyclic) bond motifs is 1. The molecule has 0 radical (unpaired) electrons. The normalized spacial score (nSPS) is 12.4. The van der Waals surface area contributed by atoms with Crippen LogP contribution in [-0.2, 0) is 4.79 Å². The average Bonchev–Trinajstić information content (AvgIpc) is 3.38. The lowest BCUT2D eigenvalue weighted by molar-refractivity contribution is -0.124. The van der Waals surface area contributed by atoms with Gasteiger partial charge in [-0.1, -0.05) is 73.7 Å². The van der Waals surface area contributed by atoms with E-state index >= 15 is 0 Å². The van der Waals surface area contributed by atoms with E-state index in [4.69, 9.17) is 0 Å². The zero-order valence-electron chi connectivity index (χ0n) is 19.3. The van der Waals surface area contributed by atoms with E-state index in [2.05, 4.69) is 32.6 Å². The van der Waals surface area contributed by atoms with Crippen molar-refractivity contribution >= 4 is 33.3 Å². The minimum Gasteiger partial charge on any atom is -0.300 e. The molecule has 1 atom stereocenters. The second-order valence-electron chi connectivity index (χ2n) is 8.91. The highest BCUT2D eigenvalue weighted by Gasteiger charge is 2.39. The first-order valence-electron chi connectivity index (χ1n) is 11.2. The maximum Gasteiger partial charge on any atom is 0.232 e. The second-order valence-corrected chi connectivity index (χ2v) is 9.75. The van der Waals surface area contributed by atoms with Crippen LogP contribution in [0.15, 0.2) is 90.6 Å². The van der Waals surface area contributed by atoms with Crippen molar-refractivity contribution < 1.29 is 9.18 Å². The summed E-state index contributed by atoms with van der Waals surface area (Å²) in [5.41, 5.74) is 5.29. The molecule has 0 aliphatic rings. The third-order valence-electron chi connectivity index (χ3n) is 6.24. The number of carbonyl (C=O) groups excluding carboxylic acids is 1. The van der Waals surface area contributed by atoms with E-state index in [1.807, 2.05) is 56.3 Å². The number of nitrogens with one attached hydrogen (secondary N) is 1. The van der Waals surface area contributed by atoms with E-state index in [1.165, 1.54) is 23.5 Å². The fourth-order valence-corrected chi connectivity index (χ4v) is 4.96. The van der Waals surface area contributed by atoms with Gasteiger partial charge in [0.1, 0.15) is 11.3 Å². The van der Waals surface area contributed by atoms with Crippen LogP contribution in [0.25, 0.3) is 22.0 Å². The molecule has 0 bridgehead atoms. The molecule has 174 valence electrons. The number of nitrogens with zero attached hydrogens (tertiary/aromatic N) is 3. The van der Waals surface area contributed by atoms with Gasteiger partial charge in [-0.3, -0.25) is 9.78 Å². The van der Waals surface area contributed by atoms with Gasteiger partial charge in [0, 0.05) is 23.1 Å². The van der Waals surface area contributed by atoms with Gasteiger partial charge in [-0.15, -0.1) is 10.2 Å². The van der Waals surface area contributed by atoms with Gasteiger partial charge < -0.3 is 5.32 Å². The molecule has 0 saturated heterocycles. The highest BCUT2D eigenvalue weighted by atomic mass is 32.1. The van der Waals surface area contributed by atoms with Crippen LogP contribution in [0.3, 0.4) is 0 Å². The fourth-order valence-electron chi connectivity index (χ4n) is 4.52. The second kappa shape index (κ2) is 9.35. The van der Waals surface area contributed by atoms with Gasteiger partial charge in [0.2, 0.25) is 11.0 Å². The average molecular weight is 483 g/mol. The standard InChI is InChI=1S/C28H23FN4OS/c1-28(2,26(34)32-27-33-31-17-35-27)24(19-7-4-3-5-8-19)21-15-20-9-6-14-30-25(20)23(16-21)18-10-12-22(29)13-11-18/h3-17,24H,1-2H3,(H,32,33,34). The number of carbonyl (C=O) groups is 1. The molecular weight excluding hydrogens is 459 g/mol. The molecule has 0 aliphatic heterocycles. The lowest BCUT2D eigenvalue weighted by atomic mass is 9.70. The summed E-state index contributed by atoms with van der Waals surface area (Å²) in [6.07, 6.45) is 1.75. The van der Waals surface area contributed by atoms with Gasteiger partial charge in [0.15, 0.2) is 0 Å².